The first kappa shape index (κ1) is 12.3. The molecule has 2 heterocycles. The summed E-state index contributed by atoms with van der Waals surface area (Å²) in [7, 11) is 0. The smallest absolute Gasteiger partial charge is 0.267 e. The predicted octanol–water partition coefficient (Wildman–Crippen LogP) is 1.10. The molecule has 98 valence electrons. The average molecular weight is 274 g/mol. The van der Waals surface area contributed by atoms with Gasteiger partial charge in [-0.05, 0) is 17.1 Å². The Kier molecular flexibility index (Phi) is 3.27. The van der Waals surface area contributed by atoms with E-state index in [4.69, 9.17) is 5.73 Å². The number of hydrogen-bond donors (Lipinski definition) is 1. The quantitative estimate of drug-likeness (QED) is 0.890. The van der Waals surface area contributed by atoms with Crippen LogP contribution in [0.1, 0.15) is 21.2 Å². The van der Waals surface area contributed by atoms with Crippen LogP contribution in [0.2, 0.25) is 0 Å². The van der Waals surface area contributed by atoms with Gasteiger partial charge in [-0.15, -0.1) is 5.10 Å². The SMILES string of the molecule is N[C@@H]1CN(C(=O)c2cnns2)C[C@H]1c1ccccc1. The molecule has 0 saturated carbocycles. The maximum absolute atomic E-state index is 12.2. The Hall–Kier alpha value is -1.79. The second-order valence-electron chi connectivity index (χ2n) is 4.67. The summed E-state index contributed by atoms with van der Waals surface area (Å²) in [5, 5.41) is 3.70. The molecule has 0 unspecified atom stereocenters. The van der Waals surface area contributed by atoms with E-state index in [2.05, 4.69) is 21.7 Å². The van der Waals surface area contributed by atoms with Gasteiger partial charge in [0, 0.05) is 25.0 Å². The van der Waals surface area contributed by atoms with Crippen LogP contribution in [0.5, 0.6) is 0 Å². The van der Waals surface area contributed by atoms with Crippen LogP contribution >= 0.6 is 11.5 Å². The minimum absolute atomic E-state index is 0.0211. The van der Waals surface area contributed by atoms with Gasteiger partial charge in [-0.3, -0.25) is 4.79 Å². The Labute approximate surface area is 115 Å². The van der Waals surface area contributed by atoms with Crippen LogP contribution in [0.4, 0.5) is 0 Å². The fourth-order valence-electron chi connectivity index (χ4n) is 2.46. The van der Waals surface area contributed by atoms with Gasteiger partial charge in [0.15, 0.2) is 0 Å². The number of carbonyl (C=O) groups excluding carboxylic acids is 1. The molecule has 1 aromatic carbocycles. The van der Waals surface area contributed by atoms with Crippen molar-refractivity contribution in [2.24, 2.45) is 5.73 Å². The van der Waals surface area contributed by atoms with Gasteiger partial charge in [-0.25, -0.2) is 0 Å². The average Bonchev–Trinajstić information content (AvgIpc) is 3.08. The van der Waals surface area contributed by atoms with Gasteiger partial charge in [-0.2, -0.15) is 0 Å². The summed E-state index contributed by atoms with van der Waals surface area (Å²) in [4.78, 5) is 14.6. The highest BCUT2D eigenvalue weighted by atomic mass is 32.1. The highest BCUT2D eigenvalue weighted by molar-refractivity contribution is 7.07. The van der Waals surface area contributed by atoms with E-state index < -0.39 is 0 Å². The molecule has 3 rings (SSSR count). The first-order chi connectivity index (χ1) is 9.25. The van der Waals surface area contributed by atoms with E-state index in [0.29, 0.717) is 18.0 Å². The monoisotopic (exact) mass is 274 g/mol. The van der Waals surface area contributed by atoms with Crippen LogP contribution in [0.15, 0.2) is 36.5 Å². The van der Waals surface area contributed by atoms with Gasteiger partial charge < -0.3 is 10.6 Å². The summed E-state index contributed by atoms with van der Waals surface area (Å²) < 4.78 is 3.72. The minimum Gasteiger partial charge on any atom is -0.336 e. The summed E-state index contributed by atoms with van der Waals surface area (Å²) in [6.45, 7) is 1.23. The fourth-order valence-corrected chi connectivity index (χ4v) is 2.95. The third-order valence-corrected chi connectivity index (χ3v) is 4.10. The summed E-state index contributed by atoms with van der Waals surface area (Å²) in [6, 6.07) is 10.1. The molecular weight excluding hydrogens is 260 g/mol. The van der Waals surface area contributed by atoms with Gasteiger partial charge in [0.05, 0.1) is 6.20 Å². The van der Waals surface area contributed by atoms with Crippen LogP contribution in [-0.4, -0.2) is 39.5 Å². The molecule has 1 amide bonds. The summed E-state index contributed by atoms with van der Waals surface area (Å²) in [6.07, 6.45) is 1.51. The van der Waals surface area contributed by atoms with E-state index in [1.54, 1.807) is 4.90 Å². The molecule has 1 fully saturated rings. The zero-order valence-corrected chi connectivity index (χ0v) is 11.1. The van der Waals surface area contributed by atoms with Crippen LogP contribution in [0.3, 0.4) is 0 Å². The van der Waals surface area contributed by atoms with Crippen molar-refractivity contribution in [2.45, 2.75) is 12.0 Å². The lowest BCUT2D eigenvalue weighted by atomic mass is 9.95. The summed E-state index contributed by atoms with van der Waals surface area (Å²) >= 11 is 1.12. The lowest BCUT2D eigenvalue weighted by molar-refractivity contribution is 0.0793. The number of nitrogens with two attached hydrogens (primary N) is 1. The molecule has 2 N–H and O–H groups in total. The number of hydrogen-bond acceptors (Lipinski definition) is 5. The Morgan fingerprint density at radius 3 is 2.79 bits per heavy atom. The second-order valence-corrected chi connectivity index (χ2v) is 5.46. The van der Waals surface area contributed by atoms with Crippen LogP contribution in [0, 0.1) is 0 Å². The van der Waals surface area contributed by atoms with Gasteiger partial charge in [0.2, 0.25) is 0 Å². The van der Waals surface area contributed by atoms with E-state index in [1.807, 2.05) is 18.2 Å². The molecule has 0 aliphatic carbocycles. The van der Waals surface area contributed by atoms with Crippen molar-refractivity contribution in [3.05, 3.63) is 47.0 Å². The molecule has 6 heteroatoms. The first-order valence-electron chi connectivity index (χ1n) is 6.13. The lowest BCUT2D eigenvalue weighted by Gasteiger charge is -2.15. The number of amides is 1. The Morgan fingerprint density at radius 1 is 1.32 bits per heavy atom. The Balaban J connectivity index is 1.77. The highest BCUT2D eigenvalue weighted by Crippen LogP contribution is 2.27. The zero-order chi connectivity index (χ0) is 13.2. The number of aromatic nitrogens is 2. The van der Waals surface area contributed by atoms with Crippen LogP contribution in [0.25, 0.3) is 0 Å². The van der Waals surface area contributed by atoms with E-state index in [9.17, 15) is 4.79 Å². The molecule has 2 atom stereocenters. The maximum Gasteiger partial charge on any atom is 0.267 e. The molecule has 19 heavy (non-hydrogen) atoms. The van der Waals surface area contributed by atoms with Crippen LogP contribution in [-0.2, 0) is 0 Å². The molecule has 1 aliphatic rings. The van der Waals surface area contributed by atoms with Gasteiger partial charge >= 0.3 is 0 Å². The van der Waals surface area contributed by atoms with E-state index >= 15 is 0 Å². The van der Waals surface area contributed by atoms with E-state index in [-0.39, 0.29) is 17.9 Å². The predicted molar refractivity (Wildman–Crippen MR) is 73.0 cm³/mol. The van der Waals surface area contributed by atoms with Crippen LogP contribution < -0.4 is 5.73 Å². The van der Waals surface area contributed by atoms with Crippen molar-refractivity contribution in [1.82, 2.24) is 14.5 Å². The Morgan fingerprint density at radius 2 is 2.11 bits per heavy atom. The molecule has 0 radical (unpaired) electrons. The van der Waals surface area contributed by atoms with Gasteiger partial charge in [0.25, 0.3) is 5.91 Å². The first-order valence-corrected chi connectivity index (χ1v) is 6.90. The summed E-state index contributed by atoms with van der Waals surface area (Å²) in [5.74, 6) is 0.176. The van der Waals surface area contributed by atoms with E-state index in [0.717, 1.165) is 11.5 Å². The highest BCUT2D eigenvalue weighted by Gasteiger charge is 2.34. The standard InChI is InChI=1S/C13H14N4OS/c14-11-8-17(13(18)12-6-15-16-19-12)7-10(11)9-4-2-1-3-5-9/h1-6,10-11H,7-8,14H2/t10-,11+/m0/s1. The minimum atomic E-state index is -0.0242. The van der Waals surface area contributed by atoms with Crippen molar-refractivity contribution in [3.8, 4) is 0 Å². The third kappa shape index (κ3) is 2.36. The van der Waals surface area contributed by atoms with Crippen molar-refractivity contribution >= 4 is 17.4 Å². The molecule has 5 nitrogen and oxygen atoms in total. The van der Waals surface area contributed by atoms with E-state index in [1.165, 1.54) is 11.8 Å². The second kappa shape index (κ2) is 5.07. The Bertz CT molecular complexity index is 557. The maximum atomic E-state index is 12.2. The van der Waals surface area contributed by atoms with Crippen molar-refractivity contribution in [2.75, 3.05) is 13.1 Å². The number of carbonyl (C=O) groups is 1. The van der Waals surface area contributed by atoms with Crippen molar-refractivity contribution in [3.63, 3.8) is 0 Å². The molecule has 1 aromatic heterocycles. The van der Waals surface area contributed by atoms with Gasteiger partial charge in [-0.1, -0.05) is 34.8 Å². The number of likely N-dealkylation sites (tertiary alicyclic amines) is 1. The molecule has 2 aromatic rings. The lowest BCUT2D eigenvalue weighted by Crippen LogP contribution is -2.31. The fraction of sp³-hybridized carbons (Fsp3) is 0.308. The molecule has 1 aliphatic heterocycles. The number of benzene rings is 1. The van der Waals surface area contributed by atoms with Crippen molar-refractivity contribution < 1.29 is 4.79 Å². The van der Waals surface area contributed by atoms with Gasteiger partial charge in [0.1, 0.15) is 4.88 Å². The third-order valence-electron chi connectivity index (χ3n) is 3.45. The molecule has 0 spiro atoms. The number of nitrogens with zero attached hydrogens (tertiary/aromatic N) is 3. The zero-order valence-electron chi connectivity index (χ0n) is 10.3. The number of rotatable bonds is 2. The molecule has 1 saturated heterocycles. The topological polar surface area (TPSA) is 72.1 Å². The largest absolute Gasteiger partial charge is 0.336 e. The normalized spacial score (nSPS) is 22.7. The molecular formula is C13H14N4OS. The van der Waals surface area contributed by atoms with Crippen molar-refractivity contribution in [1.29, 1.82) is 0 Å². The molecule has 0 bridgehead atoms. The summed E-state index contributed by atoms with van der Waals surface area (Å²) in [5.41, 5.74) is 7.36.